The van der Waals surface area contributed by atoms with Crippen molar-refractivity contribution in [2.24, 2.45) is 23.7 Å². The summed E-state index contributed by atoms with van der Waals surface area (Å²) < 4.78 is 22.4. The second-order valence-electron chi connectivity index (χ2n) is 8.71. The predicted octanol–water partition coefficient (Wildman–Crippen LogP) is 3.32. The van der Waals surface area contributed by atoms with E-state index in [9.17, 15) is 14.4 Å². The van der Waals surface area contributed by atoms with Gasteiger partial charge < -0.3 is 18.9 Å². The number of rotatable bonds is 12. The maximum atomic E-state index is 12.8. The van der Waals surface area contributed by atoms with Gasteiger partial charge in [-0.25, -0.2) is 0 Å². The lowest BCUT2D eigenvalue weighted by Crippen LogP contribution is -2.38. The molecule has 0 bridgehead atoms. The van der Waals surface area contributed by atoms with Crippen LogP contribution in [0.4, 0.5) is 0 Å². The quantitative estimate of drug-likeness (QED) is 0.442. The summed E-state index contributed by atoms with van der Waals surface area (Å²) in [6.07, 6.45) is 5.28. The van der Waals surface area contributed by atoms with Gasteiger partial charge in [-0.15, -0.1) is 0 Å². The fourth-order valence-corrected chi connectivity index (χ4v) is 3.86. The second kappa shape index (κ2) is 12.6. The molecule has 2 aliphatic rings. The number of hydrogen-bond acceptors (Lipinski definition) is 7. The normalized spacial score (nSPS) is 26.4. The van der Waals surface area contributed by atoms with Crippen LogP contribution in [0.25, 0.3) is 0 Å². The van der Waals surface area contributed by atoms with E-state index >= 15 is 0 Å². The molecule has 30 heavy (non-hydrogen) atoms. The number of hydrogen-bond donors (Lipinski definition) is 0. The summed E-state index contributed by atoms with van der Waals surface area (Å²) in [6, 6.07) is 0. The summed E-state index contributed by atoms with van der Waals surface area (Å²) in [5.74, 6) is -3.28. The number of carbonyl (C=O) groups excluding carboxylic acids is 3. The van der Waals surface area contributed by atoms with Crippen LogP contribution in [0, 0.1) is 23.7 Å². The van der Waals surface area contributed by atoms with Gasteiger partial charge in [-0.3, -0.25) is 14.4 Å². The molecule has 2 heterocycles. The third-order valence-electron chi connectivity index (χ3n) is 6.02. The Kier molecular flexibility index (Phi) is 10.6. The third kappa shape index (κ3) is 7.52. The molecule has 2 aliphatic heterocycles. The van der Waals surface area contributed by atoms with Crippen LogP contribution >= 0.6 is 0 Å². The number of ether oxygens (including phenoxy) is 4. The standard InChI is InChI=1S/C23H38O7/c1-15(13-29-19-9-5-7-11-27-19)21(24)17(3)23(26)18(4)22(25)16(2)14-30-20-10-6-8-12-28-20/h15-20H,5-14H2,1-4H3. The molecular formula is C23H38O7. The zero-order chi connectivity index (χ0) is 22.1. The van der Waals surface area contributed by atoms with Crippen LogP contribution < -0.4 is 0 Å². The van der Waals surface area contributed by atoms with Crippen molar-refractivity contribution in [3.05, 3.63) is 0 Å². The van der Waals surface area contributed by atoms with Crippen LogP contribution in [0.2, 0.25) is 0 Å². The first-order valence-corrected chi connectivity index (χ1v) is 11.4. The lowest BCUT2D eigenvalue weighted by atomic mass is 9.83. The Morgan fingerprint density at radius 3 is 1.43 bits per heavy atom. The summed E-state index contributed by atoms with van der Waals surface area (Å²) in [5, 5.41) is 0. The van der Waals surface area contributed by atoms with E-state index in [0.29, 0.717) is 13.2 Å². The zero-order valence-corrected chi connectivity index (χ0v) is 18.9. The van der Waals surface area contributed by atoms with Gasteiger partial charge in [0.15, 0.2) is 18.4 Å². The highest BCUT2D eigenvalue weighted by Gasteiger charge is 2.34. The molecule has 0 aliphatic carbocycles. The zero-order valence-electron chi connectivity index (χ0n) is 18.9. The van der Waals surface area contributed by atoms with E-state index in [1.54, 1.807) is 27.7 Å². The fourth-order valence-electron chi connectivity index (χ4n) is 3.86. The molecule has 0 aromatic rings. The van der Waals surface area contributed by atoms with Crippen molar-refractivity contribution in [1.82, 2.24) is 0 Å². The minimum atomic E-state index is -0.843. The molecule has 0 aromatic carbocycles. The van der Waals surface area contributed by atoms with Crippen LogP contribution in [-0.4, -0.2) is 56.4 Å². The fraction of sp³-hybridized carbons (Fsp3) is 0.870. The minimum absolute atomic E-state index is 0.199. The van der Waals surface area contributed by atoms with Crippen molar-refractivity contribution in [2.75, 3.05) is 26.4 Å². The van der Waals surface area contributed by atoms with Crippen molar-refractivity contribution in [3.8, 4) is 0 Å². The average Bonchev–Trinajstić information content (AvgIpc) is 2.79. The molecule has 2 fully saturated rings. The molecule has 6 atom stereocenters. The number of carbonyl (C=O) groups is 3. The van der Waals surface area contributed by atoms with Gasteiger partial charge in [-0.2, -0.15) is 0 Å². The highest BCUT2D eigenvalue weighted by Crippen LogP contribution is 2.20. The molecule has 0 N–H and O–H groups in total. The Morgan fingerprint density at radius 2 is 1.10 bits per heavy atom. The first-order chi connectivity index (χ1) is 14.3. The van der Waals surface area contributed by atoms with Gasteiger partial charge in [0.2, 0.25) is 0 Å². The topological polar surface area (TPSA) is 88.1 Å². The average molecular weight is 427 g/mol. The summed E-state index contributed by atoms with van der Waals surface area (Å²) >= 11 is 0. The molecule has 2 saturated heterocycles. The summed E-state index contributed by atoms with van der Waals surface area (Å²) in [4.78, 5) is 38.2. The highest BCUT2D eigenvalue weighted by molar-refractivity contribution is 6.11. The molecule has 7 nitrogen and oxygen atoms in total. The second-order valence-corrected chi connectivity index (χ2v) is 8.71. The minimum Gasteiger partial charge on any atom is -0.353 e. The van der Waals surface area contributed by atoms with E-state index in [0.717, 1.165) is 38.5 Å². The Balaban J connectivity index is 1.77. The van der Waals surface area contributed by atoms with Gasteiger partial charge in [0, 0.05) is 25.0 Å². The van der Waals surface area contributed by atoms with Gasteiger partial charge >= 0.3 is 0 Å². The van der Waals surface area contributed by atoms with Crippen LogP contribution in [0.5, 0.6) is 0 Å². The van der Waals surface area contributed by atoms with Gasteiger partial charge in [-0.1, -0.05) is 13.8 Å². The Hall–Kier alpha value is -1.15. The summed E-state index contributed by atoms with van der Waals surface area (Å²) in [7, 11) is 0. The van der Waals surface area contributed by atoms with E-state index < -0.39 is 23.7 Å². The van der Waals surface area contributed by atoms with Gasteiger partial charge in [0.1, 0.15) is 11.6 Å². The Labute approximate surface area is 180 Å². The van der Waals surface area contributed by atoms with Crippen molar-refractivity contribution in [1.29, 1.82) is 0 Å². The molecular weight excluding hydrogens is 388 g/mol. The first kappa shape index (κ1) is 25.1. The molecule has 7 heteroatoms. The SMILES string of the molecule is CC(COC1CCCCO1)C(=O)C(C)C(=O)C(C)C(=O)C(C)COC1CCCCO1. The smallest absolute Gasteiger partial charge is 0.157 e. The van der Waals surface area contributed by atoms with E-state index in [4.69, 9.17) is 18.9 Å². The molecule has 0 amide bonds. The van der Waals surface area contributed by atoms with Crippen molar-refractivity contribution >= 4 is 17.3 Å². The molecule has 0 aromatic heterocycles. The van der Waals surface area contributed by atoms with Crippen molar-refractivity contribution < 1.29 is 33.3 Å². The lowest BCUT2D eigenvalue weighted by Gasteiger charge is -2.26. The molecule has 0 spiro atoms. The maximum Gasteiger partial charge on any atom is 0.157 e. The maximum absolute atomic E-state index is 12.8. The Bertz CT molecular complexity index is 516. The largest absolute Gasteiger partial charge is 0.353 e. The third-order valence-corrected chi connectivity index (χ3v) is 6.02. The van der Waals surface area contributed by atoms with Crippen LogP contribution in [-0.2, 0) is 33.3 Å². The van der Waals surface area contributed by atoms with E-state index in [2.05, 4.69) is 0 Å². The van der Waals surface area contributed by atoms with Crippen molar-refractivity contribution in [2.45, 2.75) is 78.8 Å². The lowest BCUT2D eigenvalue weighted by molar-refractivity contribution is -0.171. The molecule has 6 unspecified atom stereocenters. The van der Waals surface area contributed by atoms with E-state index in [1.165, 1.54) is 0 Å². The monoisotopic (exact) mass is 426 g/mol. The van der Waals surface area contributed by atoms with Crippen LogP contribution in [0.15, 0.2) is 0 Å². The molecule has 0 radical (unpaired) electrons. The Morgan fingerprint density at radius 1 is 0.700 bits per heavy atom. The summed E-state index contributed by atoms with van der Waals surface area (Å²) in [6.45, 7) is 8.46. The highest BCUT2D eigenvalue weighted by atomic mass is 16.7. The predicted molar refractivity (Wildman–Crippen MR) is 111 cm³/mol. The van der Waals surface area contributed by atoms with Gasteiger partial charge in [0.05, 0.1) is 25.0 Å². The number of Topliss-reactive ketones (excluding diaryl/α,β-unsaturated/α-hetero) is 3. The molecule has 2 rings (SSSR count). The van der Waals surface area contributed by atoms with Crippen molar-refractivity contribution in [3.63, 3.8) is 0 Å². The number of ketones is 3. The van der Waals surface area contributed by atoms with Crippen LogP contribution in [0.1, 0.15) is 66.2 Å². The van der Waals surface area contributed by atoms with E-state index in [-0.39, 0.29) is 43.1 Å². The summed E-state index contributed by atoms with van der Waals surface area (Å²) in [5.41, 5.74) is 0. The van der Waals surface area contributed by atoms with Crippen LogP contribution in [0.3, 0.4) is 0 Å². The van der Waals surface area contributed by atoms with E-state index in [1.807, 2.05) is 0 Å². The molecule has 172 valence electrons. The van der Waals surface area contributed by atoms with Gasteiger partial charge in [0.25, 0.3) is 0 Å². The van der Waals surface area contributed by atoms with Gasteiger partial charge in [-0.05, 0) is 52.4 Å². The molecule has 0 saturated carbocycles. The first-order valence-electron chi connectivity index (χ1n) is 11.4.